The molecular weight excluding hydrogens is 468 g/mol. The maximum atomic E-state index is 12.8. The molecule has 2 aliphatic rings. The van der Waals surface area contributed by atoms with E-state index in [1.165, 1.54) is 17.8 Å². The molecule has 0 spiro atoms. The molecule has 32 heavy (non-hydrogen) atoms. The molecule has 0 unspecified atom stereocenters. The van der Waals surface area contributed by atoms with E-state index < -0.39 is 15.9 Å². The van der Waals surface area contributed by atoms with Crippen LogP contribution in [0.15, 0.2) is 58.6 Å². The summed E-state index contributed by atoms with van der Waals surface area (Å²) in [5.41, 5.74) is 1.06. The van der Waals surface area contributed by atoms with Crippen molar-refractivity contribution in [2.75, 3.05) is 12.3 Å². The summed E-state index contributed by atoms with van der Waals surface area (Å²) >= 11 is 7.84. The molecule has 1 aromatic heterocycles. The number of fused-ring (bicyclic) bond motifs is 1. The van der Waals surface area contributed by atoms with Gasteiger partial charge in [-0.3, -0.25) is 9.36 Å². The van der Waals surface area contributed by atoms with Gasteiger partial charge in [0.2, 0.25) is 0 Å². The van der Waals surface area contributed by atoms with Crippen LogP contribution in [-0.4, -0.2) is 45.7 Å². The Labute approximate surface area is 195 Å². The normalized spacial score (nSPS) is 17.8. The summed E-state index contributed by atoms with van der Waals surface area (Å²) in [4.78, 5) is 12.7. The van der Waals surface area contributed by atoms with E-state index in [0.717, 1.165) is 41.4 Å². The van der Waals surface area contributed by atoms with Crippen LogP contribution in [0, 0.1) is 0 Å². The number of amides is 1. The minimum absolute atomic E-state index is 0.0689. The number of thioether (sulfide) groups is 1. The summed E-state index contributed by atoms with van der Waals surface area (Å²) in [6.45, 7) is 0.0689. The first-order valence-corrected chi connectivity index (χ1v) is 13.3. The molecule has 1 aliphatic heterocycles. The molecule has 7 nitrogen and oxygen atoms in total. The zero-order valence-corrected chi connectivity index (χ0v) is 19.5. The molecule has 0 bridgehead atoms. The summed E-state index contributed by atoms with van der Waals surface area (Å²) in [6, 6.07) is 14.2. The summed E-state index contributed by atoms with van der Waals surface area (Å²) in [5.74, 6) is 0.629. The number of carbonyl (C=O) groups is 1. The van der Waals surface area contributed by atoms with Crippen molar-refractivity contribution >= 4 is 39.3 Å². The quantitative estimate of drug-likeness (QED) is 0.469. The molecule has 1 aliphatic carbocycles. The number of aromatic nitrogens is 3. The van der Waals surface area contributed by atoms with Gasteiger partial charge in [0.05, 0.1) is 10.6 Å². The van der Waals surface area contributed by atoms with E-state index in [4.69, 9.17) is 11.6 Å². The van der Waals surface area contributed by atoms with Gasteiger partial charge in [-0.05, 0) is 37.1 Å². The highest BCUT2D eigenvalue weighted by molar-refractivity contribution is 7.99. The molecule has 2 heterocycles. The maximum Gasteiger partial charge on any atom is 0.269 e. The van der Waals surface area contributed by atoms with Gasteiger partial charge in [-0.1, -0.05) is 60.5 Å². The number of halogens is 1. The first-order chi connectivity index (χ1) is 15.5. The van der Waals surface area contributed by atoms with Crippen LogP contribution in [0.1, 0.15) is 42.1 Å². The Morgan fingerprint density at radius 3 is 2.41 bits per heavy atom. The monoisotopic (exact) mass is 488 g/mol. The lowest BCUT2D eigenvalue weighted by molar-refractivity contribution is 0.0876. The number of carbonyl (C=O) groups excluding carboxylic acids is 1. The largest absolute Gasteiger partial charge is 0.299 e. The third kappa shape index (κ3) is 3.62. The zero-order chi connectivity index (χ0) is 22.3. The van der Waals surface area contributed by atoms with Crippen molar-refractivity contribution in [2.24, 2.45) is 0 Å². The van der Waals surface area contributed by atoms with E-state index in [2.05, 4.69) is 14.8 Å². The number of sulfonamides is 1. The summed E-state index contributed by atoms with van der Waals surface area (Å²) in [5, 5.41) is 10.2. The molecule has 5 rings (SSSR count). The Morgan fingerprint density at radius 2 is 1.69 bits per heavy atom. The molecule has 1 amide bonds. The van der Waals surface area contributed by atoms with Crippen molar-refractivity contribution in [3.63, 3.8) is 0 Å². The number of benzene rings is 2. The lowest BCUT2D eigenvalue weighted by Gasteiger charge is -2.18. The van der Waals surface area contributed by atoms with Gasteiger partial charge in [0.15, 0.2) is 11.0 Å². The highest BCUT2D eigenvalue weighted by Crippen LogP contribution is 2.38. The minimum atomic E-state index is -3.81. The van der Waals surface area contributed by atoms with Gasteiger partial charge in [-0.15, -0.1) is 10.2 Å². The third-order valence-electron chi connectivity index (χ3n) is 5.91. The fraction of sp³-hybridized carbons (Fsp3) is 0.318. The summed E-state index contributed by atoms with van der Waals surface area (Å²) in [7, 11) is -3.81. The molecule has 10 heteroatoms. The fourth-order valence-electron chi connectivity index (χ4n) is 4.37. The lowest BCUT2D eigenvalue weighted by Crippen LogP contribution is -2.32. The maximum absolute atomic E-state index is 12.8. The van der Waals surface area contributed by atoms with E-state index in [1.54, 1.807) is 18.2 Å². The van der Waals surface area contributed by atoms with Crippen molar-refractivity contribution in [1.29, 1.82) is 0 Å². The third-order valence-corrected chi connectivity index (χ3v) is 9.00. The first kappa shape index (κ1) is 21.5. The van der Waals surface area contributed by atoms with E-state index in [1.807, 2.05) is 24.3 Å². The summed E-state index contributed by atoms with van der Waals surface area (Å²) < 4.78 is 28.7. The number of rotatable bonds is 6. The van der Waals surface area contributed by atoms with Crippen molar-refractivity contribution in [3.05, 3.63) is 59.1 Å². The van der Waals surface area contributed by atoms with Gasteiger partial charge in [0, 0.05) is 23.9 Å². The van der Waals surface area contributed by atoms with Crippen LogP contribution in [0.2, 0.25) is 5.02 Å². The molecule has 1 fully saturated rings. The van der Waals surface area contributed by atoms with Crippen molar-refractivity contribution in [2.45, 2.75) is 41.8 Å². The summed E-state index contributed by atoms with van der Waals surface area (Å²) in [6.07, 6.45) is 4.37. The van der Waals surface area contributed by atoms with E-state index in [0.29, 0.717) is 15.9 Å². The van der Waals surface area contributed by atoms with Crippen LogP contribution in [0.25, 0.3) is 11.4 Å². The molecule has 1 saturated carbocycles. The molecule has 2 aromatic carbocycles. The second kappa shape index (κ2) is 8.53. The second-order valence-corrected chi connectivity index (χ2v) is 11.1. The Morgan fingerprint density at radius 1 is 1.00 bits per heavy atom. The van der Waals surface area contributed by atoms with E-state index >= 15 is 0 Å². The van der Waals surface area contributed by atoms with Crippen LogP contribution in [0.5, 0.6) is 0 Å². The number of hydrogen-bond donors (Lipinski definition) is 0. The Bertz CT molecular complexity index is 1290. The molecule has 0 N–H and O–H groups in total. The Kier molecular flexibility index (Phi) is 5.73. The Balaban J connectivity index is 1.39. The van der Waals surface area contributed by atoms with Crippen molar-refractivity contribution < 1.29 is 13.2 Å². The van der Waals surface area contributed by atoms with Crippen LogP contribution in [0.4, 0.5) is 0 Å². The predicted molar refractivity (Wildman–Crippen MR) is 123 cm³/mol. The molecular formula is C22H21ClN4O3S2. The smallest absolute Gasteiger partial charge is 0.269 e. The highest BCUT2D eigenvalue weighted by atomic mass is 35.5. The average molecular weight is 489 g/mol. The van der Waals surface area contributed by atoms with Crippen LogP contribution < -0.4 is 0 Å². The van der Waals surface area contributed by atoms with E-state index in [9.17, 15) is 13.2 Å². The van der Waals surface area contributed by atoms with Crippen LogP contribution in [-0.2, 0) is 10.0 Å². The van der Waals surface area contributed by atoms with Gasteiger partial charge in [0.25, 0.3) is 15.9 Å². The van der Waals surface area contributed by atoms with Crippen molar-refractivity contribution in [3.8, 4) is 11.4 Å². The standard InChI is InChI=1S/C22H21ClN4O3S2/c23-18-11-5-3-9-16(18)20-24-25-22(27(20)15-7-1-2-8-15)31-14-13-26-21(28)17-10-4-6-12-19(17)32(26,29)30/h3-6,9-12,15H,1-2,7-8,13-14H2. The molecule has 0 atom stereocenters. The fourth-order valence-corrected chi connectivity index (χ4v) is 7.20. The van der Waals surface area contributed by atoms with Gasteiger partial charge in [0.1, 0.15) is 4.90 Å². The first-order valence-electron chi connectivity index (χ1n) is 10.5. The molecule has 0 saturated heterocycles. The molecule has 0 radical (unpaired) electrons. The zero-order valence-electron chi connectivity index (χ0n) is 17.1. The SMILES string of the molecule is O=C1c2ccccc2S(=O)(=O)N1CCSc1nnc(-c2ccccc2Cl)n1C1CCCC1. The van der Waals surface area contributed by atoms with Gasteiger partial charge >= 0.3 is 0 Å². The highest BCUT2D eigenvalue weighted by Gasteiger charge is 2.40. The van der Waals surface area contributed by atoms with Crippen LogP contribution >= 0.6 is 23.4 Å². The van der Waals surface area contributed by atoms with Gasteiger partial charge < -0.3 is 0 Å². The Hall–Kier alpha value is -2.36. The number of hydrogen-bond acceptors (Lipinski definition) is 6. The molecule has 3 aromatic rings. The average Bonchev–Trinajstić information content (AvgIpc) is 3.49. The minimum Gasteiger partial charge on any atom is -0.299 e. The topological polar surface area (TPSA) is 85.2 Å². The van der Waals surface area contributed by atoms with Gasteiger partial charge in [-0.2, -0.15) is 0 Å². The lowest BCUT2D eigenvalue weighted by atomic mass is 10.2. The van der Waals surface area contributed by atoms with E-state index in [-0.39, 0.29) is 23.0 Å². The van der Waals surface area contributed by atoms with Gasteiger partial charge in [-0.25, -0.2) is 12.7 Å². The molecule has 166 valence electrons. The second-order valence-electron chi connectivity index (χ2n) is 7.82. The predicted octanol–water partition coefficient (Wildman–Crippen LogP) is 4.65. The number of nitrogens with zero attached hydrogens (tertiary/aromatic N) is 4. The van der Waals surface area contributed by atoms with Crippen molar-refractivity contribution in [1.82, 2.24) is 19.1 Å². The van der Waals surface area contributed by atoms with Crippen LogP contribution in [0.3, 0.4) is 0 Å².